The summed E-state index contributed by atoms with van der Waals surface area (Å²) in [5.41, 5.74) is 0.965. The number of hydrogen-bond acceptors (Lipinski definition) is 4. The van der Waals surface area contributed by atoms with Gasteiger partial charge in [-0.3, -0.25) is 4.98 Å². The van der Waals surface area contributed by atoms with Crippen molar-refractivity contribution in [3.63, 3.8) is 0 Å². The van der Waals surface area contributed by atoms with Crippen LogP contribution in [0, 0.1) is 0 Å². The fourth-order valence-corrected chi connectivity index (χ4v) is 1.61. The molecule has 0 amide bonds. The molecular weight excluding hydrogens is 250 g/mol. The van der Waals surface area contributed by atoms with Crippen LogP contribution in [0.5, 0.6) is 11.6 Å². The number of nitrogens with zero attached hydrogens (tertiary/aromatic N) is 2. The minimum atomic E-state index is 0.514. The highest BCUT2D eigenvalue weighted by atomic mass is 35.5. The van der Waals surface area contributed by atoms with E-state index in [0.717, 1.165) is 12.1 Å². The van der Waals surface area contributed by atoms with Crippen molar-refractivity contribution >= 4 is 11.6 Å². The Kier molecular flexibility index (Phi) is 4.50. The zero-order valence-corrected chi connectivity index (χ0v) is 10.8. The topological polar surface area (TPSA) is 47.0 Å². The van der Waals surface area contributed by atoms with Gasteiger partial charge >= 0.3 is 0 Å². The number of aromatic nitrogens is 2. The SMILES string of the molecule is CCNCc1cc(Oc2cccnc2)ncc1Cl. The summed E-state index contributed by atoms with van der Waals surface area (Å²) >= 11 is 6.06. The third kappa shape index (κ3) is 3.42. The fraction of sp³-hybridized carbons (Fsp3) is 0.231. The second-order valence-electron chi connectivity index (χ2n) is 3.69. The Balaban J connectivity index is 2.14. The molecule has 2 aromatic heterocycles. The van der Waals surface area contributed by atoms with Crippen LogP contribution in [-0.4, -0.2) is 16.5 Å². The lowest BCUT2D eigenvalue weighted by Crippen LogP contribution is -2.12. The normalized spacial score (nSPS) is 10.3. The quantitative estimate of drug-likeness (QED) is 0.901. The van der Waals surface area contributed by atoms with E-state index in [1.807, 2.05) is 25.1 Å². The first-order valence-corrected chi connectivity index (χ1v) is 6.10. The average Bonchev–Trinajstić information content (AvgIpc) is 2.40. The Labute approximate surface area is 111 Å². The molecule has 0 aromatic carbocycles. The lowest BCUT2D eigenvalue weighted by Gasteiger charge is -2.08. The van der Waals surface area contributed by atoms with Crippen molar-refractivity contribution in [2.24, 2.45) is 0 Å². The summed E-state index contributed by atoms with van der Waals surface area (Å²) in [5.74, 6) is 1.17. The van der Waals surface area contributed by atoms with Crippen LogP contribution in [0.25, 0.3) is 0 Å². The van der Waals surface area contributed by atoms with E-state index in [2.05, 4.69) is 15.3 Å². The van der Waals surface area contributed by atoms with Crippen LogP contribution < -0.4 is 10.1 Å². The van der Waals surface area contributed by atoms with Gasteiger partial charge in [-0.15, -0.1) is 0 Å². The highest BCUT2D eigenvalue weighted by Crippen LogP contribution is 2.23. The molecule has 0 unspecified atom stereocenters. The van der Waals surface area contributed by atoms with Crippen molar-refractivity contribution in [3.8, 4) is 11.6 Å². The molecule has 4 nitrogen and oxygen atoms in total. The van der Waals surface area contributed by atoms with Gasteiger partial charge in [-0.25, -0.2) is 4.98 Å². The molecule has 2 rings (SSSR count). The zero-order chi connectivity index (χ0) is 12.8. The molecule has 0 aliphatic heterocycles. The van der Waals surface area contributed by atoms with Crippen LogP contribution >= 0.6 is 11.6 Å². The van der Waals surface area contributed by atoms with Crippen molar-refractivity contribution in [1.82, 2.24) is 15.3 Å². The maximum absolute atomic E-state index is 6.06. The number of halogens is 1. The molecule has 1 N–H and O–H groups in total. The van der Waals surface area contributed by atoms with Crippen molar-refractivity contribution in [3.05, 3.63) is 47.4 Å². The summed E-state index contributed by atoms with van der Waals surface area (Å²) in [6, 6.07) is 5.47. The van der Waals surface area contributed by atoms with Gasteiger partial charge in [0.15, 0.2) is 0 Å². The summed E-state index contributed by atoms with van der Waals surface area (Å²) in [6.07, 6.45) is 4.93. The van der Waals surface area contributed by atoms with E-state index in [1.165, 1.54) is 0 Å². The molecule has 0 atom stereocenters. The molecule has 0 saturated heterocycles. The lowest BCUT2D eigenvalue weighted by molar-refractivity contribution is 0.459. The summed E-state index contributed by atoms with van der Waals surface area (Å²) in [4.78, 5) is 8.11. The Morgan fingerprint density at radius 2 is 2.28 bits per heavy atom. The second-order valence-corrected chi connectivity index (χ2v) is 4.09. The number of hydrogen-bond donors (Lipinski definition) is 1. The molecule has 0 spiro atoms. The minimum absolute atomic E-state index is 0.514. The van der Waals surface area contributed by atoms with E-state index in [4.69, 9.17) is 16.3 Å². The summed E-state index contributed by atoms with van der Waals surface area (Å²) in [6.45, 7) is 3.63. The number of ether oxygens (including phenoxy) is 1. The molecule has 0 aliphatic rings. The van der Waals surface area contributed by atoms with Crippen LogP contribution in [0.15, 0.2) is 36.8 Å². The number of nitrogens with one attached hydrogen (secondary N) is 1. The molecule has 0 aliphatic carbocycles. The van der Waals surface area contributed by atoms with Gasteiger partial charge in [-0.1, -0.05) is 18.5 Å². The smallest absolute Gasteiger partial charge is 0.219 e. The molecule has 0 radical (unpaired) electrons. The molecule has 2 aromatic rings. The van der Waals surface area contributed by atoms with Crippen LogP contribution in [0.2, 0.25) is 5.02 Å². The van der Waals surface area contributed by atoms with E-state index in [0.29, 0.717) is 23.2 Å². The van der Waals surface area contributed by atoms with Gasteiger partial charge in [-0.2, -0.15) is 0 Å². The average molecular weight is 264 g/mol. The molecule has 0 saturated carbocycles. The summed E-state index contributed by atoms with van der Waals surface area (Å²) in [5, 5.41) is 3.85. The Morgan fingerprint density at radius 1 is 1.39 bits per heavy atom. The summed E-state index contributed by atoms with van der Waals surface area (Å²) < 4.78 is 5.59. The second kappa shape index (κ2) is 6.33. The van der Waals surface area contributed by atoms with E-state index in [-0.39, 0.29) is 0 Å². The molecule has 2 heterocycles. The monoisotopic (exact) mass is 263 g/mol. The zero-order valence-electron chi connectivity index (χ0n) is 10.1. The molecule has 18 heavy (non-hydrogen) atoms. The van der Waals surface area contributed by atoms with Gasteiger partial charge in [0.2, 0.25) is 5.88 Å². The highest BCUT2D eigenvalue weighted by Gasteiger charge is 2.05. The predicted molar refractivity (Wildman–Crippen MR) is 70.9 cm³/mol. The largest absolute Gasteiger partial charge is 0.437 e. The van der Waals surface area contributed by atoms with Crippen molar-refractivity contribution in [1.29, 1.82) is 0 Å². The Morgan fingerprint density at radius 3 is 3.00 bits per heavy atom. The van der Waals surface area contributed by atoms with Crippen LogP contribution in [0.3, 0.4) is 0 Å². The van der Waals surface area contributed by atoms with Crippen LogP contribution in [0.1, 0.15) is 12.5 Å². The van der Waals surface area contributed by atoms with Crippen LogP contribution in [-0.2, 0) is 6.54 Å². The maximum Gasteiger partial charge on any atom is 0.219 e. The van der Waals surface area contributed by atoms with Gasteiger partial charge in [0.05, 0.1) is 11.2 Å². The van der Waals surface area contributed by atoms with E-state index in [9.17, 15) is 0 Å². The number of rotatable bonds is 5. The minimum Gasteiger partial charge on any atom is -0.437 e. The maximum atomic E-state index is 6.06. The van der Waals surface area contributed by atoms with Crippen LogP contribution in [0.4, 0.5) is 0 Å². The molecule has 0 fully saturated rings. The van der Waals surface area contributed by atoms with Crippen molar-refractivity contribution < 1.29 is 4.74 Å². The fourth-order valence-electron chi connectivity index (χ4n) is 1.44. The highest BCUT2D eigenvalue weighted by molar-refractivity contribution is 6.31. The standard InChI is InChI=1S/C13H14ClN3O/c1-2-15-7-10-6-13(17-9-12(10)14)18-11-4-3-5-16-8-11/h3-6,8-9,15H,2,7H2,1H3. The van der Waals surface area contributed by atoms with Crippen molar-refractivity contribution in [2.75, 3.05) is 6.54 Å². The predicted octanol–water partition coefficient (Wildman–Crippen LogP) is 3.03. The Hall–Kier alpha value is -1.65. The van der Waals surface area contributed by atoms with Gasteiger partial charge in [-0.05, 0) is 24.2 Å². The van der Waals surface area contributed by atoms with Gasteiger partial charge in [0.25, 0.3) is 0 Å². The molecule has 5 heteroatoms. The van der Waals surface area contributed by atoms with Gasteiger partial charge < -0.3 is 10.1 Å². The third-order valence-electron chi connectivity index (χ3n) is 2.33. The first-order chi connectivity index (χ1) is 8.79. The molecule has 0 bridgehead atoms. The van der Waals surface area contributed by atoms with Crippen molar-refractivity contribution in [2.45, 2.75) is 13.5 Å². The molecule has 94 valence electrons. The van der Waals surface area contributed by atoms with Gasteiger partial charge in [0.1, 0.15) is 5.75 Å². The Bertz CT molecular complexity index is 505. The third-order valence-corrected chi connectivity index (χ3v) is 2.67. The van der Waals surface area contributed by atoms with E-state index < -0.39 is 0 Å². The van der Waals surface area contributed by atoms with Gasteiger partial charge in [0, 0.05) is 25.0 Å². The number of pyridine rings is 2. The van der Waals surface area contributed by atoms with E-state index >= 15 is 0 Å². The first kappa shape index (κ1) is 12.8. The lowest BCUT2D eigenvalue weighted by atomic mass is 10.2. The first-order valence-electron chi connectivity index (χ1n) is 5.72. The van der Waals surface area contributed by atoms with E-state index in [1.54, 1.807) is 18.6 Å². The molecular formula is C13H14ClN3O. The summed E-state index contributed by atoms with van der Waals surface area (Å²) in [7, 11) is 0.